The number of hydrogen-bond donors (Lipinski definition) is 1. The van der Waals surface area contributed by atoms with E-state index in [4.69, 9.17) is 4.74 Å². The van der Waals surface area contributed by atoms with Gasteiger partial charge in [0.1, 0.15) is 0 Å². The smallest absolute Gasteiger partial charge is 0.0794 e. The van der Waals surface area contributed by atoms with Crippen LogP contribution in [-0.4, -0.2) is 66.9 Å². The van der Waals surface area contributed by atoms with Gasteiger partial charge in [0.25, 0.3) is 0 Å². The van der Waals surface area contributed by atoms with Gasteiger partial charge in [-0.2, -0.15) is 0 Å². The molecule has 0 aromatic heterocycles. The first kappa shape index (κ1) is 16.4. The summed E-state index contributed by atoms with van der Waals surface area (Å²) in [7, 11) is 0. The van der Waals surface area contributed by atoms with E-state index in [1.54, 1.807) is 0 Å². The summed E-state index contributed by atoms with van der Waals surface area (Å²) in [4.78, 5) is 4.74. The van der Waals surface area contributed by atoms with Crippen LogP contribution in [-0.2, 0) is 4.74 Å². The summed E-state index contributed by atoms with van der Waals surface area (Å²) in [5, 5.41) is 10.4. The molecule has 0 unspecified atom stereocenters. The zero-order valence-electron chi connectivity index (χ0n) is 13.0. The van der Waals surface area contributed by atoms with Crippen molar-refractivity contribution in [2.24, 2.45) is 0 Å². The van der Waals surface area contributed by atoms with E-state index in [1.165, 1.54) is 18.4 Å². The molecule has 0 spiro atoms. The van der Waals surface area contributed by atoms with Crippen LogP contribution in [0.1, 0.15) is 24.4 Å². The number of likely N-dealkylation sites (tertiary alicyclic amines) is 1. The number of nitrogens with zero attached hydrogens (tertiary/aromatic N) is 2. The molecule has 0 saturated carbocycles. The van der Waals surface area contributed by atoms with Crippen LogP contribution < -0.4 is 0 Å². The number of morpholine rings is 1. The Morgan fingerprint density at radius 1 is 1.23 bits per heavy atom. The van der Waals surface area contributed by atoms with Crippen molar-refractivity contribution in [3.63, 3.8) is 0 Å². The molecule has 5 heteroatoms. The predicted molar refractivity (Wildman–Crippen MR) is 91.0 cm³/mol. The van der Waals surface area contributed by atoms with Gasteiger partial charge in [0, 0.05) is 36.7 Å². The quantitative estimate of drug-likeness (QED) is 0.864. The Bertz CT molecular complexity index is 479. The number of ether oxygens (including phenoxy) is 1. The molecule has 3 rings (SSSR count). The van der Waals surface area contributed by atoms with Crippen LogP contribution in [0, 0.1) is 0 Å². The van der Waals surface area contributed by atoms with Gasteiger partial charge in [0.2, 0.25) is 0 Å². The summed E-state index contributed by atoms with van der Waals surface area (Å²) in [6.07, 6.45) is 2.10. The Kier molecular flexibility index (Phi) is 5.88. The highest BCUT2D eigenvalue weighted by atomic mass is 79.9. The first-order valence-electron chi connectivity index (χ1n) is 8.20. The lowest BCUT2D eigenvalue weighted by Gasteiger charge is -2.32. The van der Waals surface area contributed by atoms with E-state index in [-0.39, 0.29) is 6.10 Å². The third kappa shape index (κ3) is 4.30. The van der Waals surface area contributed by atoms with Gasteiger partial charge in [0.05, 0.1) is 19.3 Å². The molecule has 1 aromatic rings. The van der Waals surface area contributed by atoms with Crippen molar-refractivity contribution in [1.82, 2.24) is 9.80 Å². The molecule has 22 heavy (non-hydrogen) atoms. The lowest BCUT2D eigenvalue weighted by molar-refractivity contribution is 0.00585. The van der Waals surface area contributed by atoms with Gasteiger partial charge in [-0.15, -0.1) is 0 Å². The minimum absolute atomic E-state index is 0.286. The average Bonchev–Trinajstić information content (AvgIpc) is 2.96. The van der Waals surface area contributed by atoms with Crippen molar-refractivity contribution in [2.45, 2.75) is 25.0 Å². The highest BCUT2D eigenvalue weighted by Crippen LogP contribution is 2.33. The first-order valence-corrected chi connectivity index (χ1v) is 8.99. The monoisotopic (exact) mass is 368 g/mol. The number of aliphatic hydroxyl groups is 1. The molecule has 0 amide bonds. The Hall–Kier alpha value is -0.460. The Morgan fingerprint density at radius 2 is 2.05 bits per heavy atom. The van der Waals surface area contributed by atoms with Crippen molar-refractivity contribution < 1.29 is 9.84 Å². The van der Waals surface area contributed by atoms with Gasteiger partial charge in [-0.25, -0.2) is 0 Å². The lowest BCUT2D eigenvalue weighted by atomic mass is 10.0. The van der Waals surface area contributed by atoms with E-state index in [0.29, 0.717) is 6.04 Å². The third-order valence-electron chi connectivity index (χ3n) is 4.62. The maximum Gasteiger partial charge on any atom is 0.0794 e. The fraction of sp³-hybridized carbons (Fsp3) is 0.647. The van der Waals surface area contributed by atoms with Gasteiger partial charge < -0.3 is 9.84 Å². The maximum absolute atomic E-state index is 10.4. The number of hydrogen-bond acceptors (Lipinski definition) is 4. The Morgan fingerprint density at radius 3 is 2.82 bits per heavy atom. The van der Waals surface area contributed by atoms with Gasteiger partial charge in [-0.3, -0.25) is 9.80 Å². The summed E-state index contributed by atoms with van der Waals surface area (Å²) in [5.41, 5.74) is 1.35. The number of rotatable bonds is 5. The second-order valence-corrected chi connectivity index (χ2v) is 7.19. The normalized spacial score (nSPS) is 25.5. The van der Waals surface area contributed by atoms with Gasteiger partial charge >= 0.3 is 0 Å². The molecule has 2 aliphatic heterocycles. The molecule has 2 fully saturated rings. The van der Waals surface area contributed by atoms with Gasteiger partial charge in [-0.1, -0.05) is 28.1 Å². The van der Waals surface area contributed by atoms with E-state index >= 15 is 0 Å². The molecule has 0 aliphatic carbocycles. The van der Waals surface area contributed by atoms with Gasteiger partial charge in [-0.05, 0) is 37.1 Å². The number of benzene rings is 1. The SMILES string of the molecule is O[C@H](CN1CCOCC1)CN1CCC[C@H]1c1cccc(Br)c1. The fourth-order valence-corrected chi connectivity index (χ4v) is 3.96. The molecule has 1 aromatic carbocycles. The van der Waals surface area contributed by atoms with Crippen molar-refractivity contribution in [1.29, 1.82) is 0 Å². The second-order valence-electron chi connectivity index (χ2n) is 6.27. The van der Waals surface area contributed by atoms with E-state index < -0.39 is 0 Å². The standard InChI is InChI=1S/C17H25BrN2O2/c18-15-4-1-3-14(11-15)17-5-2-6-20(17)13-16(21)12-19-7-9-22-10-8-19/h1,3-4,11,16-17,21H,2,5-10,12-13H2/t16-,17+/m1/s1. The van der Waals surface area contributed by atoms with Crippen LogP contribution in [0.5, 0.6) is 0 Å². The zero-order chi connectivity index (χ0) is 15.4. The molecule has 2 aliphatic rings. The highest BCUT2D eigenvalue weighted by Gasteiger charge is 2.28. The largest absolute Gasteiger partial charge is 0.390 e. The first-order chi connectivity index (χ1) is 10.7. The molecule has 4 nitrogen and oxygen atoms in total. The summed E-state index contributed by atoms with van der Waals surface area (Å²) in [6.45, 7) is 6.05. The minimum Gasteiger partial charge on any atom is -0.390 e. The average molecular weight is 369 g/mol. The third-order valence-corrected chi connectivity index (χ3v) is 5.11. The number of β-amino-alcohol motifs (C(OH)–C–C–N with tert-alkyl or cyclic N) is 1. The Balaban J connectivity index is 1.56. The van der Waals surface area contributed by atoms with Crippen molar-refractivity contribution in [2.75, 3.05) is 45.9 Å². The lowest BCUT2D eigenvalue weighted by Crippen LogP contribution is -2.44. The van der Waals surface area contributed by atoms with Crippen LogP contribution in [0.2, 0.25) is 0 Å². The molecule has 2 atom stereocenters. The topological polar surface area (TPSA) is 35.9 Å². The van der Waals surface area contributed by atoms with E-state index in [2.05, 4.69) is 50.0 Å². The van der Waals surface area contributed by atoms with Crippen LogP contribution in [0.4, 0.5) is 0 Å². The van der Waals surface area contributed by atoms with Crippen LogP contribution in [0.25, 0.3) is 0 Å². The zero-order valence-corrected chi connectivity index (χ0v) is 14.5. The summed E-state index contributed by atoms with van der Waals surface area (Å²) < 4.78 is 6.49. The minimum atomic E-state index is -0.286. The molecule has 122 valence electrons. The molecule has 0 radical (unpaired) electrons. The van der Waals surface area contributed by atoms with Gasteiger partial charge in [0.15, 0.2) is 0 Å². The number of halogens is 1. The Labute approximate surface area is 141 Å². The molecular formula is C17H25BrN2O2. The molecule has 0 bridgehead atoms. The number of aliphatic hydroxyl groups excluding tert-OH is 1. The highest BCUT2D eigenvalue weighted by molar-refractivity contribution is 9.10. The van der Waals surface area contributed by atoms with Crippen molar-refractivity contribution in [3.05, 3.63) is 34.3 Å². The molecule has 2 heterocycles. The van der Waals surface area contributed by atoms with Crippen LogP contribution >= 0.6 is 15.9 Å². The summed E-state index contributed by atoms with van der Waals surface area (Å²) in [6, 6.07) is 9.01. The second kappa shape index (κ2) is 7.88. The van der Waals surface area contributed by atoms with E-state index in [9.17, 15) is 5.11 Å². The van der Waals surface area contributed by atoms with E-state index in [1.807, 2.05) is 0 Å². The van der Waals surface area contributed by atoms with Crippen LogP contribution in [0.3, 0.4) is 0 Å². The molecular weight excluding hydrogens is 344 g/mol. The van der Waals surface area contributed by atoms with Crippen molar-refractivity contribution >= 4 is 15.9 Å². The summed E-state index contributed by atoms with van der Waals surface area (Å²) in [5.74, 6) is 0. The molecule has 1 N–H and O–H groups in total. The van der Waals surface area contributed by atoms with Crippen molar-refractivity contribution in [3.8, 4) is 0 Å². The molecule has 2 saturated heterocycles. The van der Waals surface area contributed by atoms with Crippen LogP contribution in [0.15, 0.2) is 28.7 Å². The fourth-order valence-electron chi connectivity index (χ4n) is 3.55. The maximum atomic E-state index is 10.4. The van der Waals surface area contributed by atoms with E-state index in [0.717, 1.165) is 50.4 Å². The predicted octanol–water partition coefficient (Wildman–Crippen LogP) is 2.28. The summed E-state index contributed by atoms with van der Waals surface area (Å²) >= 11 is 3.56.